The van der Waals surface area contributed by atoms with Crippen molar-refractivity contribution in [3.63, 3.8) is 0 Å². The summed E-state index contributed by atoms with van der Waals surface area (Å²) in [4.78, 5) is 13.6. The molecule has 0 aliphatic carbocycles. The van der Waals surface area contributed by atoms with E-state index in [4.69, 9.17) is 10.6 Å². The maximum absolute atomic E-state index is 5.34. The maximum atomic E-state index is 5.34. The highest BCUT2D eigenvalue weighted by atomic mass is 32.1. The van der Waals surface area contributed by atoms with Gasteiger partial charge in [-0.2, -0.15) is 15.0 Å². The molecule has 7 nitrogen and oxygen atoms in total. The predicted octanol–water partition coefficient (Wildman–Crippen LogP) is 2.04. The third kappa shape index (κ3) is 3.34. The zero-order chi connectivity index (χ0) is 14.5. The van der Waals surface area contributed by atoms with Crippen molar-refractivity contribution in [3.8, 4) is 6.01 Å². The number of methoxy groups -OCH3 is 1. The first-order valence-corrected chi connectivity index (χ1v) is 7.08. The molecule has 2 aromatic heterocycles. The van der Waals surface area contributed by atoms with Gasteiger partial charge >= 0.3 is 6.01 Å². The van der Waals surface area contributed by atoms with Gasteiger partial charge in [-0.1, -0.05) is 19.9 Å². The van der Waals surface area contributed by atoms with Crippen LogP contribution in [0.1, 0.15) is 24.8 Å². The van der Waals surface area contributed by atoms with E-state index in [1.807, 2.05) is 11.4 Å². The van der Waals surface area contributed by atoms with Gasteiger partial charge in [0.2, 0.25) is 11.9 Å². The molecule has 20 heavy (non-hydrogen) atoms. The summed E-state index contributed by atoms with van der Waals surface area (Å²) in [6.07, 6.45) is 0. The van der Waals surface area contributed by atoms with E-state index >= 15 is 0 Å². The van der Waals surface area contributed by atoms with Crippen molar-refractivity contribution < 1.29 is 4.74 Å². The Morgan fingerprint density at radius 1 is 1.25 bits per heavy atom. The van der Waals surface area contributed by atoms with Crippen LogP contribution in [0.5, 0.6) is 6.01 Å². The molecular formula is C12H18N6OS. The van der Waals surface area contributed by atoms with E-state index in [0.29, 0.717) is 11.9 Å². The van der Waals surface area contributed by atoms with Crippen LogP contribution >= 0.6 is 11.3 Å². The van der Waals surface area contributed by atoms with Gasteiger partial charge < -0.3 is 10.1 Å². The number of nitrogens with two attached hydrogens (primary N) is 1. The second kappa shape index (κ2) is 6.49. The van der Waals surface area contributed by atoms with Gasteiger partial charge in [-0.25, -0.2) is 5.84 Å². The monoisotopic (exact) mass is 294 g/mol. The van der Waals surface area contributed by atoms with Crippen molar-refractivity contribution in [1.29, 1.82) is 0 Å². The van der Waals surface area contributed by atoms with Crippen LogP contribution < -0.4 is 21.3 Å². The molecule has 0 saturated heterocycles. The number of rotatable bonds is 6. The summed E-state index contributed by atoms with van der Waals surface area (Å²) in [5, 5.41) is 5.35. The van der Waals surface area contributed by atoms with Crippen molar-refractivity contribution in [2.24, 2.45) is 11.8 Å². The molecule has 0 bridgehead atoms. The summed E-state index contributed by atoms with van der Waals surface area (Å²) >= 11 is 1.69. The number of aromatic nitrogens is 3. The maximum Gasteiger partial charge on any atom is 0.322 e. The topological polar surface area (TPSA) is 98.0 Å². The minimum absolute atomic E-state index is 0.118. The minimum Gasteiger partial charge on any atom is -0.467 e. The van der Waals surface area contributed by atoms with E-state index in [9.17, 15) is 0 Å². The van der Waals surface area contributed by atoms with E-state index in [1.54, 1.807) is 11.3 Å². The molecule has 2 aromatic rings. The van der Waals surface area contributed by atoms with Crippen molar-refractivity contribution in [2.45, 2.75) is 19.9 Å². The Labute approximate surface area is 121 Å². The van der Waals surface area contributed by atoms with Crippen LogP contribution in [0.3, 0.4) is 0 Å². The number of nitrogens with zero attached hydrogens (tertiary/aromatic N) is 3. The normalized spacial score (nSPS) is 12.2. The number of anilines is 2. The molecule has 0 fully saturated rings. The highest BCUT2D eigenvalue weighted by molar-refractivity contribution is 7.10. The SMILES string of the molecule is COc1nc(NN)nc(NC(c2cccs2)C(C)C)n1. The summed E-state index contributed by atoms with van der Waals surface area (Å²) in [6.45, 7) is 4.27. The smallest absolute Gasteiger partial charge is 0.322 e. The third-order valence-corrected chi connectivity index (χ3v) is 3.68. The molecule has 108 valence electrons. The van der Waals surface area contributed by atoms with Crippen LogP contribution in [-0.2, 0) is 0 Å². The fourth-order valence-corrected chi connectivity index (χ4v) is 2.70. The average Bonchev–Trinajstić information content (AvgIpc) is 2.97. The molecule has 0 aliphatic rings. The minimum atomic E-state index is 0.118. The van der Waals surface area contributed by atoms with E-state index in [1.165, 1.54) is 12.0 Å². The summed E-state index contributed by atoms with van der Waals surface area (Å²) in [7, 11) is 1.50. The predicted molar refractivity (Wildman–Crippen MR) is 79.7 cm³/mol. The average molecular weight is 294 g/mol. The van der Waals surface area contributed by atoms with Gasteiger partial charge in [-0.3, -0.25) is 5.43 Å². The number of nitrogen functional groups attached to an aromatic ring is 1. The van der Waals surface area contributed by atoms with Crippen molar-refractivity contribution in [2.75, 3.05) is 17.9 Å². The lowest BCUT2D eigenvalue weighted by atomic mass is 10.0. The second-order valence-corrected chi connectivity index (χ2v) is 5.47. The van der Waals surface area contributed by atoms with Crippen molar-refractivity contribution >= 4 is 23.2 Å². The first-order chi connectivity index (χ1) is 9.63. The van der Waals surface area contributed by atoms with Crippen LogP contribution in [0.4, 0.5) is 11.9 Å². The summed E-state index contributed by atoms with van der Waals surface area (Å²) in [5.41, 5.74) is 2.40. The molecular weight excluding hydrogens is 276 g/mol. The second-order valence-electron chi connectivity index (χ2n) is 4.50. The standard InChI is InChI=1S/C12H18N6OS/c1-7(2)9(8-5-4-6-20-8)14-10-15-11(18-13)17-12(16-10)19-3/h4-7,9H,13H2,1-3H3,(H2,14,15,16,17,18). The Kier molecular flexibility index (Phi) is 4.70. The molecule has 0 aromatic carbocycles. The number of hydrogen-bond donors (Lipinski definition) is 3. The quantitative estimate of drug-likeness (QED) is 0.554. The van der Waals surface area contributed by atoms with Crippen LogP contribution in [0.25, 0.3) is 0 Å². The van der Waals surface area contributed by atoms with Gasteiger partial charge in [0, 0.05) is 4.88 Å². The van der Waals surface area contributed by atoms with Gasteiger partial charge in [0.25, 0.3) is 0 Å². The van der Waals surface area contributed by atoms with Gasteiger partial charge in [-0.15, -0.1) is 11.3 Å². The van der Waals surface area contributed by atoms with Crippen LogP contribution in [-0.4, -0.2) is 22.1 Å². The molecule has 1 atom stereocenters. The van der Waals surface area contributed by atoms with Gasteiger partial charge in [0.15, 0.2) is 0 Å². The summed E-state index contributed by atoms with van der Waals surface area (Å²) in [5.74, 6) is 6.41. The zero-order valence-electron chi connectivity index (χ0n) is 11.6. The van der Waals surface area contributed by atoms with Crippen molar-refractivity contribution in [1.82, 2.24) is 15.0 Å². The largest absolute Gasteiger partial charge is 0.467 e. The Morgan fingerprint density at radius 2 is 2.00 bits per heavy atom. The Hall–Kier alpha value is -1.93. The van der Waals surface area contributed by atoms with Gasteiger partial charge in [-0.05, 0) is 17.4 Å². The number of hydrogen-bond acceptors (Lipinski definition) is 8. The molecule has 2 rings (SSSR count). The van der Waals surface area contributed by atoms with E-state index in [-0.39, 0.29) is 18.0 Å². The Morgan fingerprint density at radius 3 is 2.55 bits per heavy atom. The molecule has 0 spiro atoms. The van der Waals surface area contributed by atoms with Crippen LogP contribution in [0.15, 0.2) is 17.5 Å². The lowest BCUT2D eigenvalue weighted by Crippen LogP contribution is -2.19. The molecule has 1 unspecified atom stereocenters. The fraction of sp³-hybridized carbons (Fsp3) is 0.417. The van der Waals surface area contributed by atoms with Crippen LogP contribution in [0.2, 0.25) is 0 Å². The molecule has 0 aliphatic heterocycles. The Balaban J connectivity index is 2.26. The Bertz CT molecular complexity index is 523. The van der Waals surface area contributed by atoms with Crippen molar-refractivity contribution in [3.05, 3.63) is 22.4 Å². The molecule has 0 saturated carbocycles. The highest BCUT2D eigenvalue weighted by Crippen LogP contribution is 2.29. The van der Waals surface area contributed by atoms with Crippen LogP contribution in [0, 0.1) is 5.92 Å². The third-order valence-electron chi connectivity index (χ3n) is 2.73. The number of thiophene rings is 1. The lowest BCUT2D eigenvalue weighted by molar-refractivity contribution is 0.379. The van der Waals surface area contributed by atoms with Gasteiger partial charge in [0.05, 0.1) is 13.2 Å². The molecule has 8 heteroatoms. The summed E-state index contributed by atoms with van der Waals surface area (Å²) < 4.78 is 5.03. The molecule has 0 radical (unpaired) electrons. The molecule has 4 N–H and O–H groups in total. The van der Waals surface area contributed by atoms with Gasteiger partial charge in [0.1, 0.15) is 0 Å². The van der Waals surface area contributed by atoms with E-state index in [0.717, 1.165) is 0 Å². The van der Waals surface area contributed by atoms with E-state index in [2.05, 4.69) is 45.6 Å². The number of ether oxygens (including phenoxy) is 1. The summed E-state index contributed by atoms with van der Waals surface area (Å²) in [6, 6.07) is 4.44. The first kappa shape index (κ1) is 14.5. The fourth-order valence-electron chi connectivity index (χ4n) is 1.75. The molecule has 0 amide bonds. The number of nitrogens with one attached hydrogen (secondary N) is 2. The first-order valence-electron chi connectivity index (χ1n) is 6.20. The molecule has 2 heterocycles. The highest BCUT2D eigenvalue weighted by Gasteiger charge is 2.18. The zero-order valence-corrected chi connectivity index (χ0v) is 12.4. The number of hydrazine groups is 1. The lowest BCUT2D eigenvalue weighted by Gasteiger charge is -2.21. The van der Waals surface area contributed by atoms with E-state index < -0.39 is 0 Å².